The van der Waals surface area contributed by atoms with Crippen LogP contribution in [0.1, 0.15) is 5.56 Å². The van der Waals surface area contributed by atoms with E-state index in [9.17, 15) is 9.18 Å². The van der Waals surface area contributed by atoms with Gasteiger partial charge < -0.3 is 10.6 Å². The third kappa shape index (κ3) is 1.51. The molecule has 0 saturated carbocycles. The SMILES string of the molecule is O=C1NCc2c(F)cc(Br)cc2N1. The van der Waals surface area contributed by atoms with Gasteiger partial charge in [0.25, 0.3) is 0 Å². The molecule has 0 fully saturated rings. The van der Waals surface area contributed by atoms with Gasteiger partial charge in [-0.3, -0.25) is 0 Å². The van der Waals surface area contributed by atoms with Crippen LogP contribution in [0.5, 0.6) is 0 Å². The second-order valence-electron chi connectivity index (χ2n) is 2.72. The van der Waals surface area contributed by atoms with Crippen LogP contribution in [0.4, 0.5) is 14.9 Å². The minimum absolute atomic E-state index is 0.236. The van der Waals surface area contributed by atoms with Crippen molar-refractivity contribution >= 4 is 27.6 Å². The molecule has 1 aliphatic heterocycles. The van der Waals surface area contributed by atoms with Gasteiger partial charge in [-0.2, -0.15) is 0 Å². The summed E-state index contributed by atoms with van der Waals surface area (Å²) in [4.78, 5) is 10.9. The first-order chi connectivity index (χ1) is 6.16. The molecule has 1 heterocycles. The molecule has 2 N–H and O–H groups in total. The van der Waals surface area contributed by atoms with Gasteiger partial charge in [-0.25, -0.2) is 9.18 Å². The lowest BCUT2D eigenvalue weighted by Crippen LogP contribution is -2.33. The molecule has 1 aromatic carbocycles. The zero-order valence-corrected chi connectivity index (χ0v) is 8.11. The van der Waals surface area contributed by atoms with Crippen molar-refractivity contribution in [3.63, 3.8) is 0 Å². The predicted octanol–water partition coefficient (Wildman–Crippen LogP) is 2.22. The van der Waals surface area contributed by atoms with Crippen molar-refractivity contribution in [1.29, 1.82) is 0 Å². The fourth-order valence-electron chi connectivity index (χ4n) is 1.23. The van der Waals surface area contributed by atoms with Crippen molar-refractivity contribution in [1.82, 2.24) is 5.32 Å². The topological polar surface area (TPSA) is 41.1 Å². The zero-order chi connectivity index (χ0) is 9.42. The Morgan fingerprint density at radius 3 is 3.00 bits per heavy atom. The van der Waals surface area contributed by atoms with E-state index in [0.29, 0.717) is 15.7 Å². The second kappa shape index (κ2) is 2.99. The number of halogens is 2. The first kappa shape index (κ1) is 8.50. The van der Waals surface area contributed by atoms with E-state index in [-0.39, 0.29) is 18.4 Å². The molecule has 0 saturated heterocycles. The maximum Gasteiger partial charge on any atom is 0.319 e. The highest BCUT2D eigenvalue weighted by Crippen LogP contribution is 2.26. The van der Waals surface area contributed by atoms with Crippen molar-refractivity contribution in [3.05, 3.63) is 28.0 Å². The standard InChI is InChI=1S/C8H6BrFN2O/c9-4-1-6(10)5-3-11-8(13)12-7(5)2-4/h1-2H,3H2,(H2,11,12,13). The molecule has 13 heavy (non-hydrogen) atoms. The van der Waals surface area contributed by atoms with Crippen molar-refractivity contribution in [3.8, 4) is 0 Å². The summed E-state index contributed by atoms with van der Waals surface area (Å²) in [7, 11) is 0. The molecule has 1 aliphatic rings. The summed E-state index contributed by atoms with van der Waals surface area (Å²) in [6, 6.07) is 2.75. The first-order valence-electron chi connectivity index (χ1n) is 3.69. The average molecular weight is 245 g/mol. The summed E-state index contributed by atoms with van der Waals surface area (Å²) >= 11 is 3.15. The Morgan fingerprint density at radius 1 is 1.46 bits per heavy atom. The van der Waals surface area contributed by atoms with Crippen LogP contribution in [0.15, 0.2) is 16.6 Å². The van der Waals surface area contributed by atoms with Crippen LogP contribution < -0.4 is 10.6 Å². The summed E-state index contributed by atoms with van der Waals surface area (Å²) in [5, 5.41) is 5.01. The van der Waals surface area contributed by atoms with Crippen molar-refractivity contribution < 1.29 is 9.18 Å². The third-order valence-corrected chi connectivity index (χ3v) is 2.29. The van der Waals surface area contributed by atoms with E-state index >= 15 is 0 Å². The molecule has 0 bridgehead atoms. The van der Waals surface area contributed by atoms with Crippen molar-refractivity contribution in [2.45, 2.75) is 6.54 Å². The Bertz CT molecular complexity index is 381. The molecule has 0 aromatic heterocycles. The Morgan fingerprint density at radius 2 is 2.23 bits per heavy atom. The van der Waals surface area contributed by atoms with Crippen LogP contribution in [0.3, 0.4) is 0 Å². The van der Waals surface area contributed by atoms with E-state index in [0.717, 1.165) is 0 Å². The maximum atomic E-state index is 13.2. The zero-order valence-electron chi connectivity index (χ0n) is 6.53. The molecule has 3 nitrogen and oxygen atoms in total. The van der Waals surface area contributed by atoms with Gasteiger partial charge >= 0.3 is 6.03 Å². The number of rotatable bonds is 0. The highest BCUT2D eigenvalue weighted by molar-refractivity contribution is 9.10. The molecular formula is C8H6BrFN2O. The second-order valence-corrected chi connectivity index (χ2v) is 3.64. The summed E-state index contributed by atoms with van der Waals surface area (Å²) in [5.41, 5.74) is 1.01. The minimum Gasteiger partial charge on any atom is -0.334 e. The van der Waals surface area contributed by atoms with Gasteiger partial charge in [0, 0.05) is 16.6 Å². The van der Waals surface area contributed by atoms with E-state index in [1.807, 2.05) is 0 Å². The number of urea groups is 1. The molecule has 1 aromatic rings. The Hall–Kier alpha value is -1.10. The van der Waals surface area contributed by atoms with E-state index in [1.165, 1.54) is 6.07 Å². The molecule has 0 spiro atoms. The summed E-state index contributed by atoms with van der Waals surface area (Å²) in [5.74, 6) is -0.322. The monoisotopic (exact) mass is 244 g/mol. The number of carbonyl (C=O) groups excluding carboxylic acids is 1. The van der Waals surface area contributed by atoms with Gasteiger partial charge in [-0.1, -0.05) is 15.9 Å². The number of benzene rings is 1. The summed E-state index contributed by atoms with van der Waals surface area (Å²) < 4.78 is 13.9. The molecule has 0 atom stereocenters. The Labute approximate surface area is 82.4 Å². The van der Waals surface area contributed by atoms with E-state index in [4.69, 9.17) is 0 Å². The average Bonchev–Trinajstić information content (AvgIpc) is 2.02. The third-order valence-electron chi connectivity index (χ3n) is 1.83. The number of anilines is 1. The lowest BCUT2D eigenvalue weighted by molar-refractivity contribution is 0.250. The van der Waals surface area contributed by atoms with Crippen molar-refractivity contribution in [2.75, 3.05) is 5.32 Å². The fourth-order valence-corrected chi connectivity index (χ4v) is 1.66. The number of fused-ring (bicyclic) bond motifs is 1. The molecule has 0 aliphatic carbocycles. The van der Waals surface area contributed by atoms with Crippen LogP contribution in [-0.4, -0.2) is 6.03 Å². The first-order valence-corrected chi connectivity index (χ1v) is 4.49. The highest BCUT2D eigenvalue weighted by Gasteiger charge is 2.17. The minimum atomic E-state index is -0.322. The van der Waals surface area contributed by atoms with Crippen LogP contribution in [0.25, 0.3) is 0 Å². The van der Waals surface area contributed by atoms with E-state index in [2.05, 4.69) is 26.6 Å². The van der Waals surface area contributed by atoms with E-state index in [1.54, 1.807) is 6.07 Å². The van der Waals surface area contributed by atoms with Gasteiger partial charge in [0.1, 0.15) is 5.82 Å². The molecule has 68 valence electrons. The largest absolute Gasteiger partial charge is 0.334 e. The van der Waals surface area contributed by atoms with E-state index < -0.39 is 0 Å². The van der Waals surface area contributed by atoms with Crippen LogP contribution >= 0.6 is 15.9 Å². The number of hydrogen-bond donors (Lipinski definition) is 2. The highest BCUT2D eigenvalue weighted by atomic mass is 79.9. The Kier molecular flexibility index (Phi) is 1.95. The van der Waals surface area contributed by atoms with Gasteiger partial charge in [0.05, 0.1) is 5.69 Å². The number of amides is 2. The number of hydrogen-bond acceptors (Lipinski definition) is 1. The Balaban J connectivity index is 2.53. The number of carbonyl (C=O) groups is 1. The molecular weight excluding hydrogens is 239 g/mol. The van der Waals surface area contributed by atoms with Crippen LogP contribution in [0.2, 0.25) is 0 Å². The summed E-state index contributed by atoms with van der Waals surface area (Å²) in [6.07, 6.45) is 0. The molecule has 5 heteroatoms. The van der Waals surface area contributed by atoms with Gasteiger partial charge in [-0.15, -0.1) is 0 Å². The van der Waals surface area contributed by atoms with Crippen LogP contribution in [-0.2, 0) is 6.54 Å². The maximum absolute atomic E-state index is 13.2. The quantitative estimate of drug-likeness (QED) is 0.722. The number of nitrogens with one attached hydrogen (secondary N) is 2. The lowest BCUT2D eigenvalue weighted by Gasteiger charge is -2.18. The molecule has 0 unspecified atom stereocenters. The van der Waals surface area contributed by atoms with Gasteiger partial charge in [0.15, 0.2) is 0 Å². The van der Waals surface area contributed by atoms with Gasteiger partial charge in [0.2, 0.25) is 0 Å². The van der Waals surface area contributed by atoms with Crippen molar-refractivity contribution in [2.24, 2.45) is 0 Å². The lowest BCUT2D eigenvalue weighted by atomic mass is 10.1. The van der Waals surface area contributed by atoms with Crippen LogP contribution in [0, 0.1) is 5.82 Å². The normalized spacial score (nSPS) is 14.5. The molecule has 2 rings (SSSR count). The predicted molar refractivity (Wildman–Crippen MR) is 50.0 cm³/mol. The fraction of sp³-hybridized carbons (Fsp3) is 0.125. The summed E-state index contributed by atoms with van der Waals surface area (Å²) in [6.45, 7) is 0.236. The smallest absolute Gasteiger partial charge is 0.319 e. The van der Waals surface area contributed by atoms with Gasteiger partial charge in [-0.05, 0) is 12.1 Å². The molecule has 2 amide bonds. The molecule has 0 radical (unpaired) electrons.